The fourth-order valence-corrected chi connectivity index (χ4v) is 4.42. The highest BCUT2D eigenvalue weighted by Gasteiger charge is 2.35. The van der Waals surface area contributed by atoms with Crippen LogP contribution in [0.15, 0.2) is 17.5 Å². The molecule has 3 N–H and O–H groups in total. The molecule has 2 aliphatic rings. The van der Waals surface area contributed by atoms with Gasteiger partial charge in [-0.3, -0.25) is 9.69 Å². The molecule has 3 rings (SSSR count). The minimum atomic E-state index is -0.663. The second-order valence-corrected chi connectivity index (χ2v) is 7.59. The van der Waals surface area contributed by atoms with Crippen LogP contribution in [0.1, 0.15) is 43.0 Å². The van der Waals surface area contributed by atoms with Gasteiger partial charge in [-0.1, -0.05) is 25.3 Å². The predicted octanol–water partition coefficient (Wildman–Crippen LogP) is 2.74. The number of nitrogens with zero attached hydrogens (tertiary/aromatic N) is 1. The fourth-order valence-electron chi connectivity index (χ4n) is 3.55. The standard InChI is InChI=1S/C17H27N3O2S.2ClH/c18-17(6-2-1-3-7-17)16(21)19-13-14(15-5-4-12-23-15)20-8-10-22-11-9-20;;/h4-5,12,14H,1-3,6-11,13,18H2,(H,19,21);2*1H. The van der Waals surface area contributed by atoms with Crippen LogP contribution < -0.4 is 11.1 Å². The van der Waals surface area contributed by atoms with E-state index in [2.05, 4.69) is 27.7 Å². The van der Waals surface area contributed by atoms with E-state index in [9.17, 15) is 4.79 Å². The van der Waals surface area contributed by atoms with E-state index >= 15 is 0 Å². The van der Waals surface area contributed by atoms with E-state index in [1.807, 2.05) is 0 Å². The van der Waals surface area contributed by atoms with Crippen LogP contribution in [-0.2, 0) is 9.53 Å². The summed E-state index contributed by atoms with van der Waals surface area (Å²) in [5.41, 5.74) is 5.68. The number of amides is 1. The zero-order valence-corrected chi connectivity index (χ0v) is 16.9. The Balaban J connectivity index is 0.00000156. The maximum absolute atomic E-state index is 12.6. The molecule has 1 unspecified atom stereocenters. The second kappa shape index (κ2) is 10.7. The van der Waals surface area contributed by atoms with Crippen LogP contribution in [0.3, 0.4) is 0 Å². The number of carbonyl (C=O) groups is 1. The number of morpholine rings is 1. The zero-order valence-electron chi connectivity index (χ0n) is 14.4. The number of rotatable bonds is 5. The van der Waals surface area contributed by atoms with Gasteiger partial charge in [-0.2, -0.15) is 0 Å². The van der Waals surface area contributed by atoms with Gasteiger partial charge >= 0.3 is 0 Å². The largest absolute Gasteiger partial charge is 0.379 e. The molecular formula is C17H29Cl2N3O2S. The van der Waals surface area contributed by atoms with Crippen molar-refractivity contribution >= 4 is 42.1 Å². The summed E-state index contributed by atoms with van der Waals surface area (Å²) in [7, 11) is 0. The molecule has 2 fully saturated rings. The van der Waals surface area contributed by atoms with Crippen molar-refractivity contribution in [3.8, 4) is 0 Å². The number of hydrogen-bond acceptors (Lipinski definition) is 5. The van der Waals surface area contributed by atoms with Crippen LogP contribution >= 0.6 is 36.2 Å². The monoisotopic (exact) mass is 409 g/mol. The van der Waals surface area contributed by atoms with Gasteiger partial charge in [-0.25, -0.2) is 0 Å². The molecule has 1 aliphatic carbocycles. The van der Waals surface area contributed by atoms with Crippen LogP contribution in [0.2, 0.25) is 0 Å². The number of hydrogen-bond donors (Lipinski definition) is 2. The Bertz CT molecular complexity index is 504. The third-order valence-corrected chi connectivity index (χ3v) is 5.99. The third-order valence-electron chi connectivity index (χ3n) is 5.01. The Hall–Kier alpha value is -0.370. The lowest BCUT2D eigenvalue weighted by atomic mass is 9.82. The third kappa shape index (κ3) is 5.81. The summed E-state index contributed by atoms with van der Waals surface area (Å²) in [4.78, 5) is 16.3. The molecule has 1 amide bonds. The molecule has 144 valence electrons. The molecule has 1 atom stereocenters. The van der Waals surface area contributed by atoms with Crippen molar-refractivity contribution in [2.45, 2.75) is 43.7 Å². The van der Waals surface area contributed by atoms with Gasteiger partial charge in [0.1, 0.15) is 0 Å². The Morgan fingerprint density at radius 2 is 1.96 bits per heavy atom. The first-order chi connectivity index (χ1) is 11.2. The topological polar surface area (TPSA) is 67.6 Å². The molecule has 2 heterocycles. The lowest BCUT2D eigenvalue weighted by Gasteiger charge is -2.36. The average Bonchev–Trinajstić information content (AvgIpc) is 3.11. The molecule has 1 saturated heterocycles. The van der Waals surface area contributed by atoms with Gasteiger partial charge in [0.05, 0.1) is 24.8 Å². The average molecular weight is 410 g/mol. The Morgan fingerprint density at radius 1 is 1.28 bits per heavy atom. The van der Waals surface area contributed by atoms with Crippen LogP contribution in [0.4, 0.5) is 0 Å². The minimum absolute atomic E-state index is 0. The molecule has 5 nitrogen and oxygen atoms in total. The van der Waals surface area contributed by atoms with Crippen LogP contribution in [-0.4, -0.2) is 49.2 Å². The maximum Gasteiger partial charge on any atom is 0.240 e. The predicted molar refractivity (Wildman–Crippen MR) is 107 cm³/mol. The van der Waals surface area contributed by atoms with Crippen LogP contribution in [0.25, 0.3) is 0 Å². The Kier molecular flexibility index (Phi) is 9.70. The van der Waals surface area contributed by atoms with E-state index in [0.29, 0.717) is 6.54 Å². The quantitative estimate of drug-likeness (QED) is 0.784. The summed E-state index contributed by atoms with van der Waals surface area (Å²) in [6.45, 7) is 3.96. The molecule has 1 aromatic rings. The lowest BCUT2D eigenvalue weighted by molar-refractivity contribution is -0.127. The fraction of sp³-hybridized carbons (Fsp3) is 0.706. The molecule has 1 saturated carbocycles. The molecular weight excluding hydrogens is 381 g/mol. The summed E-state index contributed by atoms with van der Waals surface area (Å²) < 4.78 is 5.46. The molecule has 1 aliphatic heterocycles. The second-order valence-electron chi connectivity index (χ2n) is 6.61. The van der Waals surface area contributed by atoms with Crippen molar-refractivity contribution in [2.24, 2.45) is 5.73 Å². The van der Waals surface area contributed by atoms with Gasteiger partial charge in [0.15, 0.2) is 0 Å². The van der Waals surface area contributed by atoms with Gasteiger partial charge in [-0.05, 0) is 24.3 Å². The van der Waals surface area contributed by atoms with E-state index < -0.39 is 5.54 Å². The van der Waals surface area contributed by atoms with Crippen molar-refractivity contribution in [2.75, 3.05) is 32.8 Å². The first-order valence-electron chi connectivity index (χ1n) is 8.61. The maximum atomic E-state index is 12.6. The molecule has 0 aromatic carbocycles. The first-order valence-corrected chi connectivity index (χ1v) is 9.49. The molecule has 25 heavy (non-hydrogen) atoms. The van der Waals surface area contributed by atoms with Crippen molar-refractivity contribution in [1.82, 2.24) is 10.2 Å². The van der Waals surface area contributed by atoms with Gasteiger partial charge in [0.2, 0.25) is 5.91 Å². The first kappa shape index (κ1) is 22.7. The van der Waals surface area contributed by atoms with Crippen LogP contribution in [0, 0.1) is 0 Å². The summed E-state index contributed by atoms with van der Waals surface area (Å²) in [6, 6.07) is 4.44. The number of nitrogens with two attached hydrogens (primary N) is 1. The number of nitrogens with one attached hydrogen (secondary N) is 1. The van der Waals surface area contributed by atoms with E-state index in [0.717, 1.165) is 52.0 Å². The highest BCUT2D eigenvalue weighted by atomic mass is 35.5. The van der Waals surface area contributed by atoms with Crippen molar-refractivity contribution in [3.05, 3.63) is 22.4 Å². The highest BCUT2D eigenvalue weighted by molar-refractivity contribution is 7.10. The van der Waals surface area contributed by atoms with E-state index in [4.69, 9.17) is 10.5 Å². The summed E-state index contributed by atoms with van der Waals surface area (Å²) >= 11 is 1.75. The number of ether oxygens (including phenoxy) is 1. The van der Waals surface area contributed by atoms with Gasteiger partial charge in [0.25, 0.3) is 0 Å². The number of halogens is 2. The zero-order chi connectivity index (χ0) is 16.1. The summed E-state index contributed by atoms with van der Waals surface area (Å²) in [6.07, 6.45) is 4.92. The highest BCUT2D eigenvalue weighted by Crippen LogP contribution is 2.28. The van der Waals surface area contributed by atoms with Gasteiger partial charge in [-0.15, -0.1) is 36.2 Å². The number of thiophene rings is 1. The van der Waals surface area contributed by atoms with E-state index in [1.54, 1.807) is 11.3 Å². The number of carbonyl (C=O) groups excluding carboxylic acids is 1. The van der Waals surface area contributed by atoms with E-state index in [1.165, 1.54) is 11.3 Å². The molecule has 8 heteroatoms. The Morgan fingerprint density at radius 3 is 2.56 bits per heavy atom. The van der Waals surface area contributed by atoms with E-state index in [-0.39, 0.29) is 36.8 Å². The summed E-state index contributed by atoms with van der Waals surface area (Å²) in [5.74, 6) is 0.0204. The Labute approximate surface area is 166 Å². The molecule has 0 bridgehead atoms. The lowest BCUT2D eigenvalue weighted by Crippen LogP contribution is -2.56. The van der Waals surface area contributed by atoms with Crippen molar-refractivity contribution in [1.29, 1.82) is 0 Å². The van der Waals surface area contributed by atoms with Crippen LogP contribution in [0.5, 0.6) is 0 Å². The normalized spacial score (nSPS) is 21.5. The smallest absolute Gasteiger partial charge is 0.240 e. The molecule has 0 spiro atoms. The SMILES string of the molecule is Cl.Cl.NC1(C(=O)NCC(c2cccs2)N2CCOCC2)CCCCC1. The van der Waals surface area contributed by atoms with Crippen molar-refractivity contribution < 1.29 is 9.53 Å². The summed E-state index contributed by atoms with van der Waals surface area (Å²) in [5, 5.41) is 5.23. The van der Waals surface area contributed by atoms with Crippen molar-refractivity contribution in [3.63, 3.8) is 0 Å². The van der Waals surface area contributed by atoms with Gasteiger partial charge < -0.3 is 15.8 Å². The van der Waals surface area contributed by atoms with Gasteiger partial charge in [0, 0.05) is 24.5 Å². The molecule has 0 radical (unpaired) electrons. The minimum Gasteiger partial charge on any atom is -0.379 e. The molecule has 1 aromatic heterocycles.